The average Bonchev–Trinajstić information content (AvgIpc) is 2.68. The molecule has 0 spiro atoms. The molecule has 1 aromatic carbocycles. The van der Waals surface area contributed by atoms with Crippen molar-refractivity contribution in [3.63, 3.8) is 0 Å². The fourth-order valence-corrected chi connectivity index (χ4v) is 3.15. The summed E-state index contributed by atoms with van der Waals surface area (Å²) >= 11 is 9.97. The Labute approximate surface area is 195 Å². The van der Waals surface area contributed by atoms with Crippen LogP contribution in [0.2, 0.25) is 5.02 Å². The number of benzene rings is 1. The van der Waals surface area contributed by atoms with Crippen molar-refractivity contribution < 1.29 is 14.6 Å². The number of aromatic nitrogens is 1. The van der Waals surface area contributed by atoms with Gasteiger partial charge in [-0.15, -0.1) is 0 Å². The predicted octanol–water partition coefficient (Wildman–Crippen LogP) is 6.74. The number of alkyl halides is 1. The summed E-state index contributed by atoms with van der Waals surface area (Å²) in [6, 6.07) is 6.24. The first-order chi connectivity index (χ1) is 13.9. The van der Waals surface area contributed by atoms with E-state index in [9.17, 15) is 4.79 Å². The van der Waals surface area contributed by atoms with E-state index in [0.717, 1.165) is 28.1 Å². The van der Waals surface area contributed by atoms with E-state index in [1.54, 1.807) is 20.8 Å². The number of nitrogens with zero attached hydrogens (tertiary/aromatic N) is 1. The molecule has 2 rings (SSSR count). The summed E-state index contributed by atoms with van der Waals surface area (Å²) in [4.78, 5) is 16.4. The Morgan fingerprint density at radius 2 is 1.70 bits per heavy atom. The van der Waals surface area contributed by atoms with Crippen LogP contribution in [0.25, 0.3) is 11.3 Å². The summed E-state index contributed by atoms with van der Waals surface area (Å²) in [5.74, 6) is -0.325. The highest BCUT2D eigenvalue weighted by molar-refractivity contribution is 9.08. The lowest BCUT2D eigenvalue weighted by Crippen LogP contribution is -2.10. The van der Waals surface area contributed by atoms with Crippen LogP contribution in [-0.2, 0) is 21.3 Å². The van der Waals surface area contributed by atoms with Gasteiger partial charge in [-0.2, -0.15) is 0 Å². The molecule has 168 valence electrons. The van der Waals surface area contributed by atoms with Crippen LogP contribution in [0.3, 0.4) is 0 Å². The Balaban J connectivity index is 0.00000105. The maximum absolute atomic E-state index is 11.6. The monoisotopic (exact) mass is 499 g/mol. The van der Waals surface area contributed by atoms with Crippen LogP contribution >= 0.6 is 27.5 Å². The summed E-state index contributed by atoms with van der Waals surface area (Å²) in [7, 11) is 1.37. The molecule has 1 N–H and O–H groups in total. The fraction of sp³-hybridized carbons (Fsp3) is 0.500. The van der Waals surface area contributed by atoms with Crippen molar-refractivity contribution in [1.29, 1.82) is 0 Å². The molecule has 0 aliphatic rings. The third-order valence-corrected chi connectivity index (χ3v) is 5.04. The van der Waals surface area contributed by atoms with E-state index in [2.05, 4.69) is 41.9 Å². The number of pyridine rings is 1. The first kappa shape index (κ1) is 28.6. The smallest absolute Gasteiger partial charge is 0.310 e. The van der Waals surface area contributed by atoms with Gasteiger partial charge < -0.3 is 9.84 Å². The Morgan fingerprint density at radius 3 is 2.13 bits per heavy atom. The number of methoxy groups -OCH3 is 1. The number of hydrogen-bond donors (Lipinski definition) is 1. The second kappa shape index (κ2) is 13.1. The summed E-state index contributed by atoms with van der Waals surface area (Å²) in [5, 5.41) is 9.62. The minimum Gasteiger partial charge on any atom is -0.469 e. The highest BCUT2D eigenvalue weighted by atomic mass is 79.9. The minimum absolute atomic E-state index is 0.122. The van der Waals surface area contributed by atoms with Crippen LogP contribution in [0.15, 0.2) is 18.2 Å². The molecule has 2 aromatic rings. The SMILES string of the molecule is CC.CC(C)(C)O.COC(=O)Cc1c(CBr)nc(-c2ccc(C)c(C)c2)c(C)c1Cl. The largest absolute Gasteiger partial charge is 0.469 e. The summed E-state index contributed by atoms with van der Waals surface area (Å²) < 4.78 is 4.75. The normalized spacial score (nSPS) is 10.4. The Bertz CT molecular complexity index is 839. The molecule has 0 fully saturated rings. The van der Waals surface area contributed by atoms with Gasteiger partial charge in [0.05, 0.1) is 35.5 Å². The number of rotatable bonds is 4. The van der Waals surface area contributed by atoms with Crippen molar-refractivity contribution in [3.05, 3.63) is 51.2 Å². The second-order valence-electron chi connectivity index (χ2n) is 7.68. The van der Waals surface area contributed by atoms with Crippen molar-refractivity contribution in [3.8, 4) is 11.3 Å². The highest BCUT2D eigenvalue weighted by Gasteiger charge is 2.19. The Kier molecular flexibility index (Phi) is 12.5. The van der Waals surface area contributed by atoms with E-state index < -0.39 is 5.60 Å². The van der Waals surface area contributed by atoms with E-state index in [-0.39, 0.29) is 12.4 Å². The van der Waals surface area contributed by atoms with Crippen molar-refractivity contribution in [2.75, 3.05) is 7.11 Å². The van der Waals surface area contributed by atoms with Crippen LogP contribution in [0.5, 0.6) is 0 Å². The lowest BCUT2D eigenvalue weighted by atomic mass is 9.99. The molecule has 0 saturated heterocycles. The second-order valence-corrected chi connectivity index (χ2v) is 8.62. The van der Waals surface area contributed by atoms with Gasteiger partial charge in [-0.1, -0.05) is 53.5 Å². The number of aryl methyl sites for hydroxylation is 2. The zero-order valence-electron chi connectivity index (χ0n) is 19.6. The van der Waals surface area contributed by atoms with E-state index in [1.165, 1.54) is 18.2 Å². The van der Waals surface area contributed by atoms with Crippen molar-refractivity contribution in [1.82, 2.24) is 4.98 Å². The molecule has 0 amide bonds. The van der Waals surface area contributed by atoms with Gasteiger partial charge in [0.1, 0.15) is 0 Å². The number of carbonyl (C=O) groups excluding carboxylic acids is 1. The Hall–Kier alpha value is -1.43. The molecule has 30 heavy (non-hydrogen) atoms. The number of aliphatic hydroxyl groups is 1. The molecule has 0 atom stereocenters. The lowest BCUT2D eigenvalue weighted by Gasteiger charge is -2.15. The molecule has 0 unspecified atom stereocenters. The minimum atomic E-state index is -0.500. The third kappa shape index (κ3) is 9.15. The van der Waals surface area contributed by atoms with Crippen molar-refractivity contribution in [2.24, 2.45) is 0 Å². The van der Waals surface area contributed by atoms with Crippen LogP contribution in [0, 0.1) is 20.8 Å². The standard InChI is InChI=1S/C18H19BrClNO2.C4H10O.C2H6/c1-10-5-6-13(7-11(10)2)18-12(3)17(20)14(8-16(22)23-4)15(9-19)21-18;1-4(2,3)5;1-2/h5-7H,8-9H2,1-4H3;5H,1-3H3;1-2H3. The highest BCUT2D eigenvalue weighted by Crippen LogP contribution is 2.33. The van der Waals surface area contributed by atoms with Gasteiger partial charge in [0.15, 0.2) is 0 Å². The average molecular weight is 501 g/mol. The molecule has 1 heterocycles. The van der Waals surface area contributed by atoms with Crippen molar-refractivity contribution >= 4 is 33.5 Å². The quantitative estimate of drug-likeness (QED) is 0.373. The lowest BCUT2D eigenvalue weighted by molar-refractivity contribution is -0.139. The van der Waals surface area contributed by atoms with Gasteiger partial charge >= 0.3 is 5.97 Å². The summed E-state index contributed by atoms with van der Waals surface area (Å²) in [5.41, 5.74) is 6.18. The van der Waals surface area contributed by atoms with Crippen LogP contribution in [-0.4, -0.2) is 28.8 Å². The molecular weight excluding hydrogens is 466 g/mol. The molecule has 0 bridgehead atoms. The topological polar surface area (TPSA) is 59.4 Å². The van der Waals surface area contributed by atoms with Crippen LogP contribution < -0.4 is 0 Å². The van der Waals surface area contributed by atoms with Gasteiger partial charge in [0.25, 0.3) is 0 Å². The molecule has 0 aliphatic carbocycles. The van der Waals surface area contributed by atoms with E-state index >= 15 is 0 Å². The number of esters is 1. The maximum Gasteiger partial charge on any atom is 0.310 e. The first-order valence-corrected chi connectivity index (χ1v) is 11.5. The van der Waals surface area contributed by atoms with Gasteiger partial charge in [-0.3, -0.25) is 9.78 Å². The number of ether oxygens (including phenoxy) is 1. The molecule has 4 nitrogen and oxygen atoms in total. The third-order valence-electron chi connectivity index (χ3n) is 4.00. The van der Waals surface area contributed by atoms with Crippen LogP contribution in [0.4, 0.5) is 0 Å². The zero-order chi connectivity index (χ0) is 23.6. The van der Waals surface area contributed by atoms with Gasteiger partial charge in [-0.05, 0) is 64.3 Å². The Morgan fingerprint density at radius 1 is 1.17 bits per heavy atom. The molecule has 0 aliphatic heterocycles. The zero-order valence-corrected chi connectivity index (χ0v) is 22.0. The van der Waals surface area contributed by atoms with Gasteiger partial charge in [-0.25, -0.2) is 0 Å². The van der Waals surface area contributed by atoms with Crippen molar-refractivity contribution in [2.45, 2.75) is 72.7 Å². The molecule has 6 heteroatoms. The fourth-order valence-electron chi connectivity index (χ4n) is 2.42. The summed E-state index contributed by atoms with van der Waals surface area (Å²) in [6.45, 7) is 15.3. The first-order valence-electron chi connectivity index (χ1n) is 9.99. The van der Waals surface area contributed by atoms with E-state index in [0.29, 0.717) is 10.4 Å². The summed E-state index contributed by atoms with van der Waals surface area (Å²) in [6.07, 6.45) is 0.122. The molecule has 0 radical (unpaired) electrons. The number of hydrogen-bond acceptors (Lipinski definition) is 4. The van der Waals surface area contributed by atoms with E-state index in [1.807, 2.05) is 26.8 Å². The van der Waals surface area contributed by atoms with Gasteiger partial charge in [0.2, 0.25) is 0 Å². The molecule has 0 saturated carbocycles. The molecular formula is C24H35BrClNO3. The van der Waals surface area contributed by atoms with E-state index in [4.69, 9.17) is 26.4 Å². The van der Waals surface area contributed by atoms with Crippen LogP contribution in [0.1, 0.15) is 62.6 Å². The maximum atomic E-state index is 11.6. The number of carbonyl (C=O) groups is 1. The molecule has 1 aromatic heterocycles. The number of halogens is 2. The predicted molar refractivity (Wildman–Crippen MR) is 131 cm³/mol. The van der Waals surface area contributed by atoms with Gasteiger partial charge in [0, 0.05) is 16.5 Å².